The Kier molecular flexibility index (Phi) is 3.15. The number of piperidine rings is 1. The summed E-state index contributed by atoms with van der Waals surface area (Å²) in [5, 5.41) is 19.2. The highest BCUT2D eigenvalue weighted by Crippen LogP contribution is 2.40. The lowest BCUT2D eigenvalue weighted by Crippen LogP contribution is -2.47. The van der Waals surface area contributed by atoms with E-state index >= 15 is 0 Å². The minimum atomic E-state index is -3.63. The normalized spacial score (nSPS) is 30.6. The topological polar surface area (TPSA) is 104 Å². The number of aliphatic hydroxyl groups excluding tert-OH is 1. The standard InChI is InChI=1S/C13H18N2O4S/c14-12-7-11(3-4-13(12)17)20(18,19)15-8-1-2-9(15)6-10(16)5-8/h3-4,7-10,16-17H,1-2,5-6,14H2. The Morgan fingerprint density at radius 2 is 1.80 bits per heavy atom. The predicted molar refractivity (Wildman–Crippen MR) is 73.6 cm³/mol. The molecule has 2 bridgehead atoms. The van der Waals surface area contributed by atoms with Gasteiger partial charge in [0, 0.05) is 12.1 Å². The summed E-state index contributed by atoms with van der Waals surface area (Å²) in [7, 11) is -3.63. The van der Waals surface area contributed by atoms with Gasteiger partial charge in [-0.1, -0.05) is 0 Å². The van der Waals surface area contributed by atoms with Gasteiger partial charge >= 0.3 is 0 Å². The zero-order valence-corrected chi connectivity index (χ0v) is 11.8. The number of aliphatic hydroxyl groups is 1. The highest BCUT2D eigenvalue weighted by atomic mass is 32.2. The van der Waals surface area contributed by atoms with E-state index in [1.165, 1.54) is 22.5 Å². The number of phenols is 1. The SMILES string of the molecule is Nc1cc(S(=O)(=O)N2C3CCC2CC(O)C3)ccc1O. The van der Waals surface area contributed by atoms with Crippen molar-refractivity contribution in [3.05, 3.63) is 18.2 Å². The summed E-state index contributed by atoms with van der Waals surface area (Å²) in [6.07, 6.45) is 2.14. The molecule has 7 heteroatoms. The molecule has 2 aliphatic heterocycles. The Morgan fingerprint density at radius 1 is 1.20 bits per heavy atom. The van der Waals surface area contributed by atoms with Crippen LogP contribution in [-0.4, -0.2) is 41.1 Å². The summed E-state index contributed by atoms with van der Waals surface area (Å²) >= 11 is 0. The molecule has 1 aromatic carbocycles. The van der Waals surface area contributed by atoms with Crippen molar-refractivity contribution in [1.29, 1.82) is 0 Å². The van der Waals surface area contributed by atoms with Crippen LogP contribution >= 0.6 is 0 Å². The van der Waals surface area contributed by atoms with Crippen LogP contribution in [0.1, 0.15) is 25.7 Å². The van der Waals surface area contributed by atoms with Crippen molar-refractivity contribution in [3.63, 3.8) is 0 Å². The molecule has 1 aromatic rings. The van der Waals surface area contributed by atoms with Gasteiger partial charge in [0.05, 0.1) is 16.7 Å². The van der Waals surface area contributed by atoms with Gasteiger partial charge in [0.2, 0.25) is 10.0 Å². The molecule has 2 fully saturated rings. The number of hydrogen-bond acceptors (Lipinski definition) is 5. The number of hydrogen-bond donors (Lipinski definition) is 3. The molecule has 2 unspecified atom stereocenters. The summed E-state index contributed by atoms with van der Waals surface area (Å²) in [4.78, 5) is 0.0982. The van der Waals surface area contributed by atoms with Gasteiger partial charge in [-0.25, -0.2) is 8.42 Å². The number of nitrogens with zero attached hydrogens (tertiary/aromatic N) is 1. The minimum absolute atomic E-state index is 0.0514. The van der Waals surface area contributed by atoms with Gasteiger partial charge in [0.25, 0.3) is 0 Å². The summed E-state index contributed by atoms with van der Waals surface area (Å²) in [6, 6.07) is 3.68. The van der Waals surface area contributed by atoms with E-state index in [1.807, 2.05) is 0 Å². The number of nitrogens with two attached hydrogens (primary N) is 1. The predicted octanol–water partition coefficient (Wildman–Crippen LogP) is 0.651. The first kappa shape index (κ1) is 13.7. The monoisotopic (exact) mass is 298 g/mol. The Morgan fingerprint density at radius 3 is 2.35 bits per heavy atom. The molecule has 2 atom stereocenters. The van der Waals surface area contributed by atoms with Crippen molar-refractivity contribution in [2.45, 2.75) is 48.8 Å². The molecule has 2 aliphatic rings. The average molecular weight is 298 g/mol. The molecule has 3 rings (SSSR count). The number of sulfonamides is 1. The number of phenolic OH excluding ortho intramolecular Hbond substituents is 1. The van der Waals surface area contributed by atoms with Crippen LogP contribution in [-0.2, 0) is 10.0 Å². The molecule has 6 nitrogen and oxygen atoms in total. The molecule has 20 heavy (non-hydrogen) atoms. The smallest absolute Gasteiger partial charge is 0.243 e. The van der Waals surface area contributed by atoms with Crippen LogP contribution < -0.4 is 5.73 Å². The van der Waals surface area contributed by atoms with Crippen LogP contribution in [0.25, 0.3) is 0 Å². The molecule has 0 saturated carbocycles. The molecule has 0 amide bonds. The molecule has 0 aromatic heterocycles. The van der Waals surface area contributed by atoms with Crippen LogP contribution in [0, 0.1) is 0 Å². The lowest BCUT2D eigenvalue weighted by Gasteiger charge is -2.36. The second kappa shape index (κ2) is 4.61. The van der Waals surface area contributed by atoms with E-state index in [-0.39, 0.29) is 28.4 Å². The maximum atomic E-state index is 12.7. The van der Waals surface area contributed by atoms with Crippen molar-refractivity contribution in [2.75, 3.05) is 5.73 Å². The van der Waals surface area contributed by atoms with Gasteiger partial charge in [-0.2, -0.15) is 4.31 Å². The van der Waals surface area contributed by atoms with Gasteiger partial charge in [-0.3, -0.25) is 0 Å². The fourth-order valence-corrected chi connectivity index (χ4v) is 5.24. The summed E-state index contributed by atoms with van der Waals surface area (Å²) in [5.74, 6) is -0.124. The second-order valence-electron chi connectivity index (χ2n) is 5.57. The van der Waals surface area contributed by atoms with Gasteiger partial charge in [-0.05, 0) is 43.9 Å². The van der Waals surface area contributed by atoms with E-state index < -0.39 is 16.1 Å². The maximum Gasteiger partial charge on any atom is 0.243 e. The van der Waals surface area contributed by atoms with E-state index in [0.29, 0.717) is 12.8 Å². The van der Waals surface area contributed by atoms with Crippen molar-refractivity contribution >= 4 is 15.7 Å². The van der Waals surface area contributed by atoms with E-state index in [4.69, 9.17) is 5.73 Å². The molecular formula is C13H18N2O4S. The van der Waals surface area contributed by atoms with Crippen molar-refractivity contribution in [1.82, 2.24) is 4.31 Å². The third-order valence-corrected chi connectivity index (χ3v) is 6.22. The Hall–Kier alpha value is -1.31. The molecule has 4 N–H and O–H groups in total. The highest BCUT2D eigenvalue weighted by Gasteiger charge is 2.46. The molecule has 2 saturated heterocycles. The third kappa shape index (κ3) is 2.06. The quantitative estimate of drug-likeness (QED) is 0.549. The Balaban J connectivity index is 1.98. The zero-order valence-electron chi connectivity index (χ0n) is 10.9. The molecule has 0 spiro atoms. The lowest BCUT2D eigenvalue weighted by molar-refractivity contribution is 0.0769. The summed E-state index contributed by atoms with van der Waals surface area (Å²) in [5.41, 5.74) is 5.63. The summed E-state index contributed by atoms with van der Waals surface area (Å²) < 4.78 is 27.0. The number of rotatable bonds is 2. The van der Waals surface area contributed by atoms with E-state index in [2.05, 4.69) is 0 Å². The van der Waals surface area contributed by atoms with Crippen LogP contribution in [0.4, 0.5) is 5.69 Å². The third-order valence-electron chi connectivity index (χ3n) is 4.22. The lowest BCUT2D eigenvalue weighted by atomic mass is 10.0. The molecule has 0 aliphatic carbocycles. The van der Waals surface area contributed by atoms with Crippen molar-refractivity contribution < 1.29 is 18.6 Å². The molecule has 110 valence electrons. The number of anilines is 1. The van der Waals surface area contributed by atoms with Gasteiger partial charge in [0.1, 0.15) is 5.75 Å². The first-order valence-electron chi connectivity index (χ1n) is 6.69. The Bertz CT molecular complexity index is 617. The number of aromatic hydroxyl groups is 1. The molecule has 2 heterocycles. The van der Waals surface area contributed by atoms with Gasteiger partial charge in [0.15, 0.2) is 0 Å². The van der Waals surface area contributed by atoms with Gasteiger partial charge < -0.3 is 15.9 Å². The number of nitrogen functional groups attached to an aromatic ring is 1. The molecule has 0 radical (unpaired) electrons. The zero-order chi connectivity index (χ0) is 14.5. The first-order chi connectivity index (χ1) is 9.39. The van der Waals surface area contributed by atoms with Crippen LogP contribution in [0.15, 0.2) is 23.1 Å². The van der Waals surface area contributed by atoms with Crippen LogP contribution in [0.2, 0.25) is 0 Å². The van der Waals surface area contributed by atoms with Crippen molar-refractivity contribution in [2.24, 2.45) is 0 Å². The number of fused-ring (bicyclic) bond motifs is 2. The van der Waals surface area contributed by atoms with Crippen LogP contribution in [0.3, 0.4) is 0 Å². The Labute approximate surface area is 117 Å². The van der Waals surface area contributed by atoms with Gasteiger partial charge in [-0.15, -0.1) is 0 Å². The van der Waals surface area contributed by atoms with E-state index in [0.717, 1.165) is 12.8 Å². The average Bonchev–Trinajstić information content (AvgIpc) is 2.66. The minimum Gasteiger partial charge on any atom is -0.506 e. The maximum absolute atomic E-state index is 12.7. The molecular weight excluding hydrogens is 280 g/mol. The second-order valence-corrected chi connectivity index (χ2v) is 7.41. The van der Waals surface area contributed by atoms with Crippen LogP contribution in [0.5, 0.6) is 5.75 Å². The van der Waals surface area contributed by atoms with E-state index in [1.54, 1.807) is 0 Å². The first-order valence-corrected chi connectivity index (χ1v) is 8.13. The fraction of sp³-hybridized carbons (Fsp3) is 0.538. The van der Waals surface area contributed by atoms with Crippen molar-refractivity contribution in [3.8, 4) is 5.75 Å². The van der Waals surface area contributed by atoms with E-state index in [9.17, 15) is 18.6 Å². The highest BCUT2D eigenvalue weighted by molar-refractivity contribution is 7.89. The summed E-state index contributed by atoms with van der Waals surface area (Å²) in [6.45, 7) is 0. The largest absolute Gasteiger partial charge is 0.506 e. The number of benzene rings is 1. The fourth-order valence-electron chi connectivity index (χ4n) is 3.31.